The highest BCUT2D eigenvalue weighted by molar-refractivity contribution is 6.05. The number of aromatic nitrogens is 6. The third-order valence-electron chi connectivity index (χ3n) is 4.68. The minimum absolute atomic E-state index is 0.188. The predicted octanol–water partition coefficient (Wildman–Crippen LogP) is 3.03. The van der Waals surface area contributed by atoms with Crippen molar-refractivity contribution in [2.24, 2.45) is 0 Å². The Kier molecular flexibility index (Phi) is 5.15. The van der Waals surface area contributed by atoms with Gasteiger partial charge in [0.05, 0.1) is 29.7 Å². The summed E-state index contributed by atoms with van der Waals surface area (Å²) in [5.74, 6) is 0.482. The van der Waals surface area contributed by atoms with E-state index in [2.05, 4.69) is 25.9 Å². The molecular formula is C21H21N7O. The Labute approximate surface area is 168 Å². The van der Waals surface area contributed by atoms with Crippen LogP contribution in [-0.4, -0.2) is 35.9 Å². The summed E-state index contributed by atoms with van der Waals surface area (Å²) in [5, 5.41) is 18.9. The highest BCUT2D eigenvalue weighted by atomic mass is 16.1. The summed E-state index contributed by atoms with van der Waals surface area (Å²) in [5.41, 5.74) is 4.06. The fourth-order valence-corrected chi connectivity index (χ4v) is 3.25. The molecule has 1 N–H and O–H groups in total. The van der Waals surface area contributed by atoms with Crippen LogP contribution in [0.15, 0.2) is 60.8 Å². The molecule has 4 rings (SSSR count). The van der Waals surface area contributed by atoms with Gasteiger partial charge in [0.25, 0.3) is 5.91 Å². The lowest BCUT2D eigenvalue weighted by molar-refractivity contribution is 0.102. The van der Waals surface area contributed by atoms with E-state index >= 15 is 0 Å². The molecule has 2 aromatic carbocycles. The molecule has 146 valence electrons. The van der Waals surface area contributed by atoms with Crippen molar-refractivity contribution in [1.82, 2.24) is 30.0 Å². The Bertz CT molecular complexity index is 1130. The van der Waals surface area contributed by atoms with Gasteiger partial charge in [0.2, 0.25) is 0 Å². The SMILES string of the molecule is CCc1c(C(=O)Nc2cccc(-n3nnnc3C)c2)cnn1Cc1ccccc1. The zero-order valence-electron chi connectivity index (χ0n) is 16.3. The minimum atomic E-state index is -0.188. The number of rotatable bonds is 6. The monoisotopic (exact) mass is 387 g/mol. The molecule has 0 atom stereocenters. The molecular weight excluding hydrogens is 366 g/mol. The fraction of sp³-hybridized carbons (Fsp3) is 0.190. The number of amides is 1. The molecule has 0 fully saturated rings. The lowest BCUT2D eigenvalue weighted by atomic mass is 10.1. The maximum Gasteiger partial charge on any atom is 0.259 e. The summed E-state index contributed by atoms with van der Waals surface area (Å²) < 4.78 is 3.50. The Morgan fingerprint density at radius 3 is 2.66 bits per heavy atom. The smallest absolute Gasteiger partial charge is 0.259 e. The van der Waals surface area contributed by atoms with Crippen LogP contribution in [0.25, 0.3) is 5.69 Å². The summed E-state index contributed by atoms with van der Waals surface area (Å²) in [4.78, 5) is 12.9. The Morgan fingerprint density at radius 2 is 1.93 bits per heavy atom. The van der Waals surface area contributed by atoms with E-state index in [4.69, 9.17) is 0 Å². The largest absolute Gasteiger partial charge is 0.322 e. The molecule has 0 aliphatic carbocycles. The normalized spacial score (nSPS) is 10.8. The number of carbonyl (C=O) groups excluding carboxylic acids is 1. The van der Waals surface area contributed by atoms with Crippen molar-refractivity contribution in [2.45, 2.75) is 26.8 Å². The van der Waals surface area contributed by atoms with Crippen LogP contribution in [0.5, 0.6) is 0 Å². The van der Waals surface area contributed by atoms with Crippen molar-refractivity contribution in [3.8, 4) is 5.69 Å². The predicted molar refractivity (Wildman–Crippen MR) is 109 cm³/mol. The highest BCUT2D eigenvalue weighted by Crippen LogP contribution is 2.18. The van der Waals surface area contributed by atoms with Crippen molar-refractivity contribution in [3.63, 3.8) is 0 Å². The first kappa shape index (κ1) is 18.5. The first-order valence-electron chi connectivity index (χ1n) is 9.41. The van der Waals surface area contributed by atoms with E-state index in [0.29, 0.717) is 30.0 Å². The number of aryl methyl sites for hydroxylation is 1. The molecule has 2 heterocycles. The molecule has 4 aromatic rings. The molecule has 0 saturated heterocycles. The van der Waals surface area contributed by atoms with Crippen LogP contribution in [0.3, 0.4) is 0 Å². The van der Waals surface area contributed by atoms with Gasteiger partial charge >= 0.3 is 0 Å². The van der Waals surface area contributed by atoms with E-state index < -0.39 is 0 Å². The second-order valence-electron chi connectivity index (χ2n) is 6.64. The second-order valence-corrected chi connectivity index (χ2v) is 6.64. The summed E-state index contributed by atoms with van der Waals surface area (Å²) in [7, 11) is 0. The minimum Gasteiger partial charge on any atom is -0.322 e. The molecule has 0 aliphatic heterocycles. The van der Waals surface area contributed by atoms with E-state index in [1.807, 2.05) is 73.1 Å². The number of benzene rings is 2. The van der Waals surface area contributed by atoms with Gasteiger partial charge in [0, 0.05) is 5.69 Å². The van der Waals surface area contributed by atoms with E-state index in [-0.39, 0.29) is 5.91 Å². The van der Waals surface area contributed by atoms with Crippen molar-refractivity contribution < 1.29 is 4.79 Å². The standard InChI is InChI=1S/C21H21N7O/c1-3-20-19(13-22-27(20)14-16-8-5-4-6-9-16)21(29)23-17-10-7-11-18(12-17)28-15(2)24-25-26-28/h4-13H,3,14H2,1-2H3,(H,23,29). The molecule has 1 amide bonds. The van der Waals surface area contributed by atoms with E-state index in [9.17, 15) is 4.79 Å². The van der Waals surface area contributed by atoms with Gasteiger partial charge in [0.15, 0.2) is 5.82 Å². The van der Waals surface area contributed by atoms with Gasteiger partial charge < -0.3 is 5.32 Å². The van der Waals surface area contributed by atoms with Crippen LogP contribution in [0.1, 0.15) is 34.4 Å². The summed E-state index contributed by atoms with van der Waals surface area (Å²) in [6, 6.07) is 17.5. The molecule has 8 nitrogen and oxygen atoms in total. The maximum absolute atomic E-state index is 12.9. The third-order valence-corrected chi connectivity index (χ3v) is 4.68. The molecule has 2 aromatic heterocycles. The number of hydrogen-bond donors (Lipinski definition) is 1. The Balaban J connectivity index is 1.55. The Morgan fingerprint density at radius 1 is 1.10 bits per heavy atom. The quantitative estimate of drug-likeness (QED) is 0.549. The van der Waals surface area contributed by atoms with Gasteiger partial charge in [0.1, 0.15) is 0 Å². The molecule has 0 spiro atoms. The van der Waals surface area contributed by atoms with Crippen LogP contribution in [0.2, 0.25) is 0 Å². The highest BCUT2D eigenvalue weighted by Gasteiger charge is 2.17. The average Bonchev–Trinajstić information content (AvgIpc) is 3.35. The zero-order valence-corrected chi connectivity index (χ0v) is 16.3. The van der Waals surface area contributed by atoms with Crippen molar-refractivity contribution in [3.05, 3.63) is 83.4 Å². The number of nitrogens with zero attached hydrogens (tertiary/aromatic N) is 6. The van der Waals surface area contributed by atoms with E-state index in [1.54, 1.807) is 10.9 Å². The van der Waals surface area contributed by atoms with E-state index in [0.717, 1.165) is 16.9 Å². The fourth-order valence-electron chi connectivity index (χ4n) is 3.25. The lowest BCUT2D eigenvalue weighted by Crippen LogP contribution is -2.15. The van der Waals surface area contributed by atoms with Crippen LogP contribution in [0, 0.1) is 6.92 Å². The van der Waals surface area contributed by atoms with Crippen molar-refractivity contribution in [1.29, 1.82) is 0 Å². The van der Waals surface area contributed by atoms with Crippen LogP contribution in [-0.2, 0) is 13.0 Å². The van der Waals surface area contributed by atoms with Gasteiger partial charge in [-0.05, 0) is 47.5 Å². The first-order valence-corrected chi connectivity index (χ1v) is 9.41. The van der Waals surface area contributed by atoms with Crippen LogP contribution in [0.4, 0.5) is 5.69 Å². The summed E-state index contributed by atoms with van der Waals surface area (Å²) >= 11 is 0. The summed E-state index contributed by atoms with van der Waals surface area (Å²) in [6.07, 6.45) is 2.34. The van der Waals surface area contributed by atoms with Gasteiger partial charge in [-0.15, -0.1) is 5.10 Å². The topological polar surface area (TPSA) is 90.5 Å². The van der Waals surface area contributed by atoms with Gasteiger partial charge in [-0.25, -0.2) is 0 Å². The van der Waals surface area contributed by atoms with E-state index in [1.165, 1.54) is 0 Å². The molecule has 29 heavy (non-hydrogen) atoms. The number of carbonyl (C=O) groups is 1. The van der Waals surface area contributed by atoms with Gasteiger partial charge in [-0.2, -0.15) is 9.78 Å². The third kappa shape index (κ3) is 3.91. The molecule has 0 bridgehead atoms. The molecule has 0 radical (unpaired) electrons. The Hall–Kier alpha value is -3.81. The molecule has 0 unspecified atom stereocenters. The molecule has 8 heteroatoms. The summed E-state index contributed by atoms with van der Waals surface area (Å²) in [6.45, 7) is 4.47. The average molecular weight is 387 g/mol. The van der Waals surface area contributed by atoms with Crippen molar-refractivity contribution >= 4 is 11.6 Å². The number of anilines is 1. The molecule has 0 aliphatic rings. The van der Waals surface area contributed by atoms with Gasteiger partial charge in [-0.3, -0.25) is 9.48 Å². The van der Waals surface area contributed by atoms with Gasteiger partial charge in [-0.1, -0.05) is 43.3 Å². The lowest BCUT2D eigenvalue weighted by Gasteiger charge is -2.10. The van der Waals surface area contributed by atoms with Crippen molar-refractivity contribution in [2.75, 3.05) is 5.32 Å². The second kappa shape index (κ2) is 8.05. The van der Waals surface area contributed by atoms with Crippen LogP contribution < -0.4 is 5.32 Å². The maximum atomic E-state index is 12.9. The number of hydrogen-bond acceptors (Lipinski definition) is 5. The molecule has 0 saturated carbocycles. The van der Waals surface area contributed by atoms with Crippen LogP contribution >= 0.6 is 0 Å². The number of tetrazole rings is 1. The number of nitrogens with one attached hydrogen (secondary N) is 1. The first-order chi connectivity index (χ1) is 14.2. The zero-order chi connectivity index (χ0) is 20.2.